The van der Waals surface area contributed by atoms with E-state index >= 15 is 0 Å². The predicted molar refractivity (Wildman–Crippen MR) is 83.5 cm³/mol. The van der Waals surface area contributed by atoms with Gasteiger partial charge in [0.25, 0.3) is 0 Å². The first-order valence-electron chi connectivity index (χ1n) is 5.95. The van der Waals surface area contributed by atoms with E-state index in [1.807, 2.05) is 18.2 Å². The van der Waals surface area contributed by atoms with E-state index in [1.165, 1.54) is 5.56 Å². The average Bonchev–Trinajstić information content (AvgIpc) is 2.74. The maximum atomic E-state index is 5.54. The van der Waals surface area contributed by atoms with E-state index < -0.39 is 0 Å². The summed E-state index contributed by atoms with van der Waals surface area (Å²) in [5.74, 6) is 0.875. The van der Waals surface area contributed by atoms with Gasteiger partial charge in [-0.25, -0.2) is 0 Å². The molecular formula is C14H15Br2NO2. The van der Waals surface area contributed by atoms with E-state index in [2.05, 4.69) is 49.3 Å². The fraction of sp³-hybridized carbons (Fsp3) is 0.286. The Labute approximate surface area is 129 Å². The first-order valence-corrected chi connectivity index (χ1v) is 7.53. The quantitative estimate of drug-likeness (QED) is 0.784. The molecule has 0 unspecified atom stereocenters. The Kier molecular flexibility index (Phi) is 5.48. The number of methoxy groups -OCH3 is 1. The SMILES string of the molecule is COCCc1ccccc1NCc1cc(Br)c(Br)o1. The largest absolute Gasteiger partial charge is 0.451 e. The smallest absolute Gasteiger partial charge is 0.183 e. The fourth-order valence-electron chi connectivity index (χ4n) is 1.78. The van der Waals surface area contributed by atoms with E-state index in [0.29, 0.717) is 6.54 Å². The molecule has 0 spiro atoms. The molecule has 102 valence electrons. The molecule has 2 rings (SSSR count). The molecule has 1 aromatic heterocycles. The number of ether oxygens (including phenoxy) is 1. The molecular weight excluding hydrogens is 374 g/mol. The van der Waals surface area contributed by atoms with Crippen LogP contribution in [0.25, 0.3) is 0 Å². The maximum absolute atomic E-state index is 5.54. The van der Waals surface area contributed by atoms with Gasteiger partial charge in [0.05, 0.1) is 17.6 Å². The van der Waals surface area contributed by atoms with Crippen LogP contribution in [0.2, 0.25) is 0 Å². The van der Waals surface area contributed by atoms with Crippen LogP contribution >= 0.6 is 31.9 Å². The first kappa shape index (κ1) is 14.6. The van der Waals surface area contributed by atoms with Crippen molar-refractivity contribution in [3.8, 4) is 0 Å². The Morgan fingerprint density at radius 1 is 1.26 bits per heavy atom. The Bertz CT molecular complexity index is 520. The summed E-state index contributed by atoms with van der Waals surface area (Å²) in [6.07, 6.45) is 0.894. The molecule has 0 aliphatic rings. The molecule has 2 aromatic rings. The molecule has 0 atom stereocenters. The number of rotatable bonds is 6. The summed E-state index contributed by atoms with van der Waals surface area (Å²) < 4.78 is 12.3. The van der Waals surface area contributed by atoms with Gasteiger partial charge in [0.15, 0.2) is 4.67 Å². The molecule has 0 saturated heterocycles. The molecule has 0 aliphatic carbocycles. The minimum Gasteiger partial charge on any atom is -0.451 e. The lowest BCUT2D eigenvalue weighted by atomic mass is 10.1. The van der Waals surface area contributed by atoms with Crippen molar-refractivity contribution in [3.63, 3.8) is 0 Å². The zero-order valence-electron chi connectivity index (χ0n) is 10.6. The van der Waals surface area contributed by atoms with Crippen molar-refractivity contribution in [1.29, 1.82) is 0 Å². The minimum absolute atomic E-state index is 0.647. The van der Waals surface area contributed by atoms with Crippen LogP contribution in [0.5, 0.6) is 0 Å². The van der Waals surface area contributed by atoms with E-state index in [9.17, 15) is 0 Å². The van der Waals surface area contributed by atoms with Crippen molar-refractivity contribution in [2.45, 2.75) is 13.0 Å². The van der Waals surface area contributed by atoms with Crippen molar-refractivity contribution in [1.82, 2.24) is 0 Å². The highest BCUT2D eigenvalue weighted by atomic mass is 79.9. The van der Waals surface area contributed by atoms with Crippen molar-refractivity contribution in [3.05, 3.63) is 50.8 Å². The van der Waals surface area contributed by atoms with Crippen LogP contribution < -0.4 is 5.32 Å². The van der Waals surface area contributed by atoms with Crippen LogP contribution in [0, 0.1) is 0 Å². The monoisotopic (exact) mass is 387 g/mol. The number of furan rings is 1. The molecule has 0 fully saturated rings. The third kappa shape index (κ3) is 4.09. The number of halogens is 2. The normalized spacial score (nSPS) is 10.7. The van der Waals surface area contributed by atoms with Crippen LogP contribution in [-0.4, -0.2) is 13.7 Å². The van der Waals surface area contributed by atoms with E-state index in [1.54, 1.807) is 7.11 Å². The molecule has 3 nitrogen and oxygen atoms in total. The van der Waals surface area contributed by atoms with Gasteiger partial charge in [0.1, 0.15) is 5.76 Å². The van der Waals surface area contributed by atoms with Crippen LogP contribution in [0.15, 0.2) is 43.9 Å². The third-order valence-corrected chi connectivity index (χ3v) is 4.45. The molecule has 19 heavy (non-hydrogen) atoms. The van der Waals surface area contributed by atoms with Crippen molar-refractivity contribution < 1.29 is 9.15 Å². The Balaban J connectivity index is 2.02. The number of benzene rings is 1. The number of hydrogen-bond acceptors (Lipinski definition) is 3. The lowest BCUT2D eigenvalue weighted by molar-refractivity contribution is 0.202. The third-order valence-electron chi connectivity index (χ3n) is 2.74. The van der Waals surface area contributed by atoms with Gasteiger partial charge >= 0.3 is 0 Å². The number of anilines is 1. The highest BCUT2D eigenvalue weighted by Crippen LogP contribution is 2.27. The summed E-state index contributed by atoms with van der Waals surface area (Å²) >= 11 is 6.74. The second kappa shape index (κ2) is 7.12. The lowest BCUT2D eigenvalue weighted by Crippen LogP contribution is -2.03. The van der Waals surface area contributed by atoms with Crippen molar-refractivity contribution in [2.75, 3.05) is 19.0 Å². The molecule has 1 aromatic carbocycles. The van der Waals surface area contributed by atoms with Crippen LogP contribution in [-0.2, 0) is 17.7 Å². The molecule has 0 radical (unpaired) electrons. The molecule has 0 bridgehead atoms. The van der Waals surface area contributed by atoms with Gasteiger partial charge in [0.2, 0.25) is 0 Å². The molecule has 1 N–H and O–H groups in total. The van der Waals surface area contributed by atoms with Gasteiger partial charge in [0, 0.05) is 12.8 Å². The van der Waals surface area contributed by atoms with Gasteiger partial charge in [-0.15, -0.1) is 0 Å². The van der Waals surface area contributed by atoms with Crippen LogP contribution in [0.4, 0.5) is 5.69 Å². The van der Waals surface area contributed by atoms with Crippen molar-refractivity contribution >= 4 is 37.5 Å². The van der Waals surface area contributed by atoms with E-state index in [4.69, 9.17) is 9.15 Å². The maximum Gasteiger partial charge on any atom is 0.183 e. The second-order valence-electron chi connectivity index (χ2n) is 4.09. The number of hydrogen-bond donors (Lipinski definition) is 1. The second-order valence-corrected chi connectivity index (χ2v) is 5.66. The van der Waals surface area contributed by atoms with Crippen molar-refractivity contribution in [2.24, 2.45) is 0 Å². The molecule has 5 heteroatoms. The Morgan fingerprint density at radius 3 is 2.74 bits per heavy atom. The van der Waals surface area contributed by atoms with E-state index in [0.717, 1.165) is 33.6 Å². The summed E-state index contributed by atoms with van der Waals surface area (Å²) in [4.78, 5) is 0. The summed E-state index contributed by atoms with van der Waals surface area (Å²) in [6, 6.07) is 10.2. The Morgan fingerprint density at radius 2 is 2.05 bits per heavy atom. The zero-order chi connectivity index (χ0) is 13.7. The first-order chi connectivity index (χ1) is 9.20. The summed E-state index contributed by atoms with van der Waals surface area (Å²) in [7, 11) is 1.72. The lowest BCUT2D eigenvalue weighted by Gasteiger charge is -2.10. The molecule has 1 heterocycles. The van der Waals surface area contributed by atoms with Gasteiger partial charge in [-0.3, -0.25) is 0 Å². The Hall–Kier alpha value is -0.780. The summed E-state index contributed by atoms with van der Waals surface area (Å²) in [5.41, 5.74) is 2.36. The van der Waals surface area contributed by atoms with Crippen LogP contribution in [0.1, 0.15) is 11.3 Å². The van der Waals surface area contributed by atoms with Gasteiger partial charge < -0.3 is 14.5 Å². The van der Waals surface area contributed by atoms with Gasteiger partial charge in [-0.2, -0.15) is 0 Å². The standard InChI is InChI=1S/C14H15Br2NO2/c1-18-7-6-10-4-2-3-5-13(10)17-9-11-8-12(15)14(16)19-11/h2-5,8,17H,6-7,9H2,1H3. The predicted octanol–water partition coefficient (Wildman–Crippen LogP) is 4.61. The number of nitrogens with one attached hydrogen (secondary N) is 1. The molecule has 0 amide bonds. The van der Waals surface area contributed by atoms with Crippen LogP contribution in [0.3, 0.4) is 0 Å². The highest BCUT2D eigenvalue weighted by molar-refractivity contribution is 9.13. The van der Waals surface area contributed by atoms with E-state index in [-0.39, 0.29) is 0 Å². The highest BCUT2D eigenvalue weighted by Gasteiger charge is 2.07. The zero-order valence-corrected chi connectivity index (χ0v) is 13.8. The fourth-order valence-corrected chi connectivity index (χ4v) is 2.44. The van der Waals surface area contributed by atoms with Gasteiger partial charge in [-0.1, -0.05) is 18.2 Å². The number of para-hydroxylation sites is 1. The molecule has 0 saturated carbocycles. The minimum atomic E-state index is 0.647. The van der Waals surface area contributed by atoms with Gasteiger partial charge in [-0.05, 0) is 56.0 Å². The molecule has 0 aliphatic heterocycles. The summed E-state index contributed by atoms with van der Waals surface area (Å²) in [5, 5.41) is 3.39. The topological polar surface area (TPSA) is 34.4 Å². The average molecular weight is 389 g/mol. The summed E-state index contributed by atoms with van der Waals surface area (Å²) in [6.45, 7) is 1.37.